The van der Waals surface area contributed by atoms with Gasteiger partial charge >= 0.3 is 5.97 Å². The Morgan fingerprint density at radius 1 is 1.38 bits per heavy atom. The molecule has 3 aromatic rings. The minimum atomic E-state index is -1.03. The highest BCUT2D eigenvalue weighted by molar-refractivity contribution is 6.33. The number of aromatic carboxylic acids is 1. The molecule has 106 valence electrons. The molecule has 0 fully saturated rings. The first-order valence-corrected chi connectivity index (χ1v) is 6.53. The molecule has 4 nitrogen and oxygen atoms in total. The van der Waals surface area contributed by atoms with E-state index in [-0.39, 0.29) is 22.0 Å². The Morgan fingerprint density at radius 3 is 2.81 bits per heavy atom. The van der Waals surface area contributed by atoms with Gasteiger partial charge in [-0.05, 0) is 36.8 Å². The van der Waals surface area contributed by atoms with Crippen molar-refractivity contribution < 1.29 is 14.3 Å². The number of imidazole rings is 1. The Labute approximate surface area is 124 Å². The fourth-order valence-corrected chi connectivity index (χ4v) is 2.50. The minimum Gasteiger partial charge on any atom is -0.478 e. The van der Waals surface area contributed by atoms with Crippen LogP contribution in [-0.4, -0.2) is 21.0 Å². The van der Waals surface area contributed by atoms with Crippen LogP contribution in [0.2, 0.25) is 5.02 Å². The van der Waals surface area contributed by atoms with E-state index in [0.717, 1.165) is 5.56 Å². The molecular weight excluding hydrogens is 295 g/mol. The molecule has 6 heteroatoms. The van der Waals surface area contributed by atoms with E-state index in [2.05, 4.69) is 9.97 Å². The van der Waals surface area contributed by atoms with Gasteiger partial charge in [-0.3, -0.25) is 0 Å². The van der Waals surface area contributed by atoms with E-state index in [1.165, 1.54) is 24.3 Å². The highest BCUT2D eigenvalue weighted by Gasteiger charge is 2.16. The maximum Gasteiger partial charge on any atom is 0.335 e. The summed E-state index contributed by atoms with van der Waals surface area (Å²) in [6, 6.07) is 7.36. The quantitative estimate of drug-likeness (QED) is 0.751. The lowest BCUT2D eigenvalue weighted by molar-refractivity contribution is 0.0697. The normalized spacial score (nSPS) is 11.0. The molecule has 1 heterocycles. The Morgan fingerprint density at radius 2 is 2.14 bits per heavy atom. The molecule has 2 N–H and O–H groups in total. The number of benzene rings is 2. The number of rotatable bonds is 2. The zero-order valence-electron chi connectivity index (χ0n) is 10.9. The van der Waals surface area contributed by atoms with Crippen LogP contribution >= 0.6 is 11.6 Å². The molecule has 3 rings (SSSR count). The smallest absolute Gasteiger partial charge is 0.335 e. The van der Waals surface area contributed by atoms with Gasteiger partial charge in [0.05, 0.1) is 27.2 Å². The third kappa shape index (κ3) is 2.25. The van der Waals surface area contributed by atoms with Gasteiger partial charge in [-0.1, -0.05) is 17.7 Å². The van der Waals surface area contributed by atoms with E-state index in [4.69, 9.17) is 16.7 Å². The van der Waals surface area contributed by atoms with Crippen molar-refractivity contribution in [3.8, 4) is 11.4 Å². The first-order chi connectivity index (χ1) is 9.97. The van der Waals surface area contributed by atoms with E-state index in [9.17, 15) is 9.18 Å². The predicted octanol–water partition coefficient (Wildman–Crippen LogP) is 4.03. The van der Waals surface area contributed by atoms with Crippen LogP contribution in [-0.2, 0) is 0 Å². The number of carbonyl (C=O) groups is 1. The second-order valence-corrected chi connectivity index (χ2v) is 5.08. The molecule has 0 bridgehead atoms. The molecular formula is C15H10ClFN2O2. The van der Waals surface area contributed by atoms with Gasteiger partial charge in [0, 0.05) is 0 Å². The van der Waals surface area contributed by atoms with Gasteiger partial charge in [0.25, 0.3) is 0 Å². The Balaban J connectivity index is 2.27. The number of hydrogen-bond donors (Lipinski definition) is 2. The van der Waals surface area contributed by atoms with Gasteiger partial charge in [0.1, 0.15) is 11.6 Å². The average Bonchev–Trinajstić information content (AvgIpc) is 2.82. The molecule has 0 aliphatic carbocycles. The Bertz CT molecular complexity index is 853. The molecule has 0 aliphatic rings. The number of halogens is 2. The van der Waals surface area contributed by atoms with Crippen molar-refractivity contribution in [2.75, 3.05) is 0 Å². The van der Waals surface area contributed by atoms with Crippen molar-refractivity contribution in [1.82, 2.24) is 9.97 Å². The predicted molar refractivity (Wildman–Crippen MR) is 78.2 cm³/mol. The van der Waals surface area contributed by atoms with Crippen LogP contribution in [0.25, 0.3) is 22.4 Å². The Hall–Kier alpha value is -2.40. The first kappa shape index (κ1) is 13.6. The fraction of sp³-hybridized carbons (Fsp3) is 0.0667. The number of carboxylic acid groups (broad SMARTS) is 1. The summed E-state index contributed by atoms with van der Waals surface area (Å²) >= 11 is 6.02. The number of H-pyrrole nitrogens is 1. The summed E-state index contributed by atoms with van der Waals surface area (Å²) in [4.78, 5) is 18.3. The topological polar surface area (TPSA) is 66.0 Å². The summed E-state index contributed by atoms with van der Waals surface area (Å²) in [7, 11) is 0. The maximum absolute atomic E-state index is 13.9. The highest BCUT2D eigenvalue weighted by atomic mass is 35.5. The van der Waals surface area contributed by atoms with Crippen LogP contribution in [0.4, 0.5) is 4.39 Å². The standard InChI is InChI=1S/C15H10ClFN2O2/c1-7-5-8(15(20)21)6-11-13(7)19-14(18-11)12-9(16)3-2-4-10(12)17/h2-6H,1H3,(H,18,19)(H,20,21). The van der Waals surface area contributed by atoms with Crippen LogP contribution in [0, 0.1) is 12.7 Å². The molecule has 0 amide bonds. The van der Waals surface area contributed by atoms with Crippen molar-refractivity contribution in [2.24, 2.45) is 0 Å². The molecule has 0 atom stereocenters. The van der Waals surface area contributed by atoms with Gasteiger partial charge < -0.3 is 10.1 Å². The lowest BCUT2D eigenvalue weighted by Crippen LogP contribution is -1.96. The molecule has 0 unspecified atom stereocenters. The molecule has 0 saturated heterocycles. The number of fused-ring (bicyclic) bond motifs is 1. The molecule has 0 radical (unpaired) electrons. The van der Waals surface area contributed by atoms with Crippen LogP contribution in [0.5, 0.6) is 0 Å². The van der Waals surface area contributed by atoms with Crippen LogP contribution < -0.4 is 0 Å². The van der Waals surface area contributed by atoms with Crippen LogP contribution in [0.1, 0.15) is 15.9 Å². The minimum absolute atomic E-state index is 0.137. The van der Waals surface area contributed by atoms with Gasteiger partial charge in [0.2, 0.25) is 0 Å². The number of nitrogens with zero attached hydrogens (tertiary/aromatic N) is 1. The molecule has 21 heavy (non-hydrogen) atoms. The number of hydrogen-bond acceptors (Lipinski definition) is 2. The fourth-order valence-electron chi connectivity index (χ4n) is 2.25. The van der Waals surface area contributed by atoms with Crippen molar-refractivity contribution in [3.63, 3.8) is 0 Å². The summed E-state index contributed by atoms with van der Waals surface area (Å²) in [5.41, 5.74) is 2.15. The van der Waals surface area contributed by atoms with Crippen molar-refractivity contribution in [1.29, 1.82) is 0 Å². The van der Waals surface area contributed by atoms with E-state index in [1.807, 2.05) is 0 Å². The summed E-state index contributed by atoms with van der Waals surface area (Å²) in [5.74, 6) is -1.25. The van der Waals surface area contributed by atoms with Gasteiger partial charge in [-0.2, -0.15) is 0 Å². The molecule has 0 spiro atoms. The first-order valence-electron chi connectivity index (χ1n) is 6.15. The molecule has 0 saturated carbocycles. The number of aromatic nitrogens is 2. The second-order valence-electron chi connectivity index (χ2n) is 4.67. The van der Waals surface area contributed by atoms with Crippen molar-refractivity contribution in [2.45, 2.75) is 6.92 Å². The number of carboxylic acids is 1. The third-order valence-corrected chi connectivity index (χ3v) is 3.55. The zero-order valence-corrected chi connectivity index (χ0v) is 11.7. The van der Waals surface area contributed by atoms with Gasteiger partial charge in [-0.15, -0.1) is 0 Å². The maximum atomic E-state index is 13.9. The molecule has 1 aromatic heterocycles. The lowest BCUT2D eigenvalue weighted by Gasteiger charge is -2.01. The Kier molecular flexibility index (Phi) is 3.14. The lowest BCUT2D eigenvalue weighted by atomic mass is 10.1. The summed E-state index contributed by atoms with van der Waals surface area (Å²) < 4.78 is 13.9. The number of nitrogens with one attached hydrogen (secondary N) is 1. The van der Waals surface area contributed by atoms with E-state index in [1.54, 1.807) is 13.0 Å². The van der Waals surface area contributed by atoms with E-state index in [0.29, 0.717) is 11.0 Å². The van der Waals surface area contributed by atoms with Crippen LogP contribution in [0.3, 0.4) is 0 Å². The highest BCUT2D eigenvalue weighted by Crippen LogP contribution is 2.31. The largest absolute Gasteiger partial charge is 0.478 e. The summed E-state index contributed by atoms with van der Waals surface area (Å²) in [6.07, 6.45) is 0. The van der Waals surface area contributed by atoms with Gasteiger partial charge in [-0.25, -0.2) is 14.2 Å². The van der Waals surface area contributed by atoms with Crippen molar-refractivity contribution >= 4 is 28.6 Å². The monoisotopic (exact) mass is 304 g/mol. The SMILES string of the molecule is Cc1cc(C(=O)O)cc2nc(-c3c(F)cccc3Cl)[nH]c12. The van der Waals surface area contributed by atoms with E-state index < -0.39 is 11.8 Å². The zero-order chi connectivity index (χ0) is 15.1. The van der Waals surface area contributed by atoms with Gasteiger partial charge in [0.15, 0.2) is 0 Å². The average molecular weight is 305 g/mol. The molecule has 2 aromatic carbocycles. The second kappa shape index (κ2) is 4.86. The molecule has 0 aliphatic heterocycles. The third-order valence-electron chi connectivity index (χ3n) is 3.24. The summed E-state index contributed by atoms with van der Waals surface area (Å²) in [6.45, 7) is 1.76. The number of aryl methyl sites for hydroxylation is 1. The van der Waals surface area contributed by atoms with Crippen molar-refractivity contribution in [3.05, 3.63) is 52.3 Å². The van der Waals surface area contributed by atoms with Crippen LogP contribution in [0.15, 0.2) is 30.3 Å². The number of aromatic amines is 1. The van der Waals surface area contributed by atoms with E-state index >= 15 is 0 Å². The summed E-state index contributed by atoms with van der Waals surface area (Å²) in [5, 5.41) is 9.30.